The number of hydrogen-bond acceptors (Lipinski definition) is 3. The number of methoxy groups -OCH3 is 1. The van der Waals surface area contributed by atoms with Crippen LogP contribution in [0.15, 0.2) is 24.3 Å². The van der Waals surface area contributed by atoms with Crippen LogP contribution in [0.5, 0.6) is 5.75 Å². The second-order valence-electron chi connectivity index (χ2n) is 4.63. The Balaban J connectivity index is 2.17. The highest BCUT2D eigenvalue weighted by atomic mass is 16.5. The molecular weight excluding hydrogens is 246 g/mol. The van der Waals surface area contributed by atoms with Crippen LogP contribution < -0.4 is 4.74 Å². The van der Waals surface area contributed by atoms with Gasteiger partial charge in [0, 0.05) is 13.1 Å². The molecule has 0 aromatic heterocycles. The maximum absolute atomic E-state index is 12.4. The molecule has 5 heteroatoms. The van der Waals surface area contributed by atoms with E-state index >= 15 is 0 Å². The molecule has 0 unspecified atom stereocenters. The minimum atomic E-state index is -0.836. The van der Waals surface area contributed by atoms with E-state index in [1.54, 1.807) is 29.2 Å². The number of carboxylic acid groups (broad SMARTS) is 1. The average molecular weight is 263 g/mol. The van der Waals surface area contributed by atoms with E-state index < -0.39 is 11.9 Å². The van der Waals surface area contributed by atoms with Crippen molar-refractivity contribution in [1.82, 2.24) is 4.90 Å². The van der Waals surface area contributed by atoms with Gasteiger partial charge in [0.25, 0.3) is 5.91 Å². The third-order valence-electron chi connectivity index (χ3n) is 3.40. The van der Waals surface area contributed by atoms with Gasteiger partial charge in [0.1, 0.15) is 5.75 Å². The average Bonchev–Trinajstić information content (AvgIpc) is 2.46. The minimum absolute atomic E-state index is 0.164. The predicted molar refractivity (Wildman–Crippen MR) is 69.3 cm³/mol. The molecule has 19 heavy (non-hydrogen) atoms. The van der Waals surface area contributed by atoms with Gasteiger partial charge in [-0.15, -0.1) is 0 Å². The van der Waals surface area contributed by atoms with Gasteiger partial charge in [-0.25, -0.2) is 0 Å². The summed E-state index contributed by atoms with van der Waals surface area (Å²) >= 11 is 0. The van der Waals surface area contributed by atoms with Gasteiger partial charge in [-0.3, -0.25) is 9.59 Å². The number of amides is 1. The van der Waals surface area contributed by atoms with Crippen LogP contribution in [0.4, 0.5) is 0 Å². The molecule has 0 radical (unpaired) electrons. The van der Waals surface area contributed by atoms with Gasteiger partial charge in [0.05, 0.1) is 18.6 Å². The molecule has 0 bridgehead atoms. The number of benzene rings is 1. The number of aliphatic carboxylic acids is 1. The van der Waals surface area contributed by atoms with Gasteiger partial charge in [-0.2, -0.15) is 0 Å². The lowest BCUT2D eigenvalue weighted by Gasteiger charge is -2.31. The van der Waals surface area contributed by atoms with Crippen LogP contribution in [0.3, 0.4) is 0 Å². The van der Waals surface area contributed by atoms with E-state index in [0.29, 0.717) is 24.3 Å². The molecule has 1 aliphatic rings. The summed E-state index contributed by atoms with van der Waals surface area (Å²) in [5.74, 6) is -0.946. The van der Waals surface area contributed by atoms with Crippen molar-refractivity contribution >= 4 is 11.9 Å². The molecular formula is C14H17NO4. The molecule has 1 heterocycles. The summed E-state index contributed by atoms with van der Waals surface area (Å²) in [6, 6.07) is 7.00. The number of carbonyl (C=O) groups is 2. The van der Waals surface area contributed by atoms with E-state index in [0.717, 1.165) is 6.42 Å². The van der Waals surface area contributed by atoms with Crippen molar-refractivity contribution in [3.05, 3.63) is 29.8 Å². The van der Waals surface area contributed by atoms with Gasteiger partial charge < -0.3 is 14.7 Å². The van der Waals surface area contributed by atoms with Crippen molar-refractivity contribution in [2.24, 2.45) is 5.92 Å². The van der Waals surface area contributed by atoms with E-state index in [1.807, 2.05) is 0 Å². The van der Waals surface area contributed by atoms with Crippen molar-refractivity contribution in [1.29, 1.82) is 0 Å². The van der Waals surface area contributed by atoms with Crippen LogP contribution in [0.2, 0.25) is 0 Å². The zero-order chi connectivity index (χ0) is 13.8. The first kappa shape index (κ1) is 13.4. The van der Waals surface area contributed by atoms with Crippen LogP contribution in [0.25, 0.3) is 0 Å². The Morgan fingerprint density at radius 1 is 1.37 bits per heavy atom. The Hall–Kier alpha value is -2.04. The monoisotopic (exact) mass is 263 g/mol. The molecule has 2 rings (SSSR count). The van der Waals surface area contributed by atoms with Crippen LogP contribution in [0, 0.1) is 5.92 Å². The highest BCUT2D eigenvalue weighted by Gasteiger charge is 2.29. The smallest absolute Gasteiger partial charge is 0.308 e. The fourth-order valence-corrected chi connectivity index (χ4v) is 2.35. The molecule has 5 nitrogen and oxygen atoms in total. The number of para-hydroxylation sites is 1. The van der Waals surface area contributed by atoms with Crippen molar-refractivity contribution in [3.63, 3.8) is 0 Å². The number of carboxylic acids is 1. The summed E-state index contributed by atoms with van der Waals surface area (Å²) in [6.45, 7) is 0.868. The molecule has 1 atom stereocenters. The summed E-state index contributed by atoms with van der Waals surface area (Å²) in [7, 11) is 1.52. The van der Waals surface area contributed by atoms with Crippen molar-refractivity contribution < 1.29 is 19.4 Å². The maximum Gasteiger partial charge on any atom is 0.308 e. The zero-order valence-corrected chi connectivity index (χ0v) is 10.8. The Bertz CT molecular complexity index is 486. The van der Waals surface area contributed by atoms with E-state index in [-0.39, 0.29) is 12.5 Å². The number of ether oxygens (including phenoxy) is 1. The quantitative estimate of drug-likeness (QED) is 0.900. The first-order valence-electron chi connectivity index (χ1n) is 6.28. The van der Waals surface area contributed by atoms with Gasteiger partial charge in [0.15, 0.2) is 0 Å². The van der Waals surface area contributed by atoms with Crippen LogP contribution in [-0.4, -0.2) is 42.1 Å². The number of rotatable bonds is 3. The van der Waals surface area contributed by atoms with Crippen LogP contribution >= 0.6 is 0 Å². The van der Waals surface area contributed by atoms with Crippen molar-refractivity contribution in [3.8, 4) is 5.75 Å². The zero-order valence-electron chi connectivity index (χ0n) is 10.8. The fourth-order valence-electron chi connectivity index (χ4n) is 2.35. The minimum Gasteiger partial charge on any atom is -0.496 e. The Morgan fingerprint density at radius 2 is 2.11 bits per heavy atom. The van der Waals surface area contributed by atoms with E-state index in [1.165, 1.54) is 7.11 Å². The molecule has 1 N–H and O–H groups in total. The van der Waals surface area contributed by atoms with Crippen molar-refractivity contribution in [2.45, 2.75) is 12.8 Å². The summed E-state index contributed by atoms with van der Waals surface area (Å²) in [4.78, 5) is 25.0. The van der Waals surface area contributed by atoms with Crippen LogP contribution in [-0.2, 0) is 4.79 Å². The lowest BCUT2D eigenvalue weighted by Crippen LogP contribution is -2.42. The number of hydrogen-bond donors (Lipinski definition) is 1. The third-order valence-corrected chi connectivity index (χ3v) is 3.40. The number of nitrogens with zero attached hydrogens (tertiary/aromatic N) is 1. The molecule has 1 aromatic rings. The second kappa shape index (κ2) is 5.73. The molecule has 0 aliphatic carbocycles. The molecule has 0 saturated carbocycles. The first-order valence-corrected chi connectivity index (χ1v) is 6.28. The molecule has 0 spiro atoms. The lowest BCUT2D eigenvalue weighted by molar-refractivity contribution is -0.143. The molecule has 1 fully saturated rings. The number of carbonyl (C=O) groups excluding carboxylic acids is 1. The van der Waals surface area contributed by atoms with E-state index in [4.69, 9.17) is 9.84 Å². The highest BCUT2D eigenvalue weighted by molar-refractivity contribution is 5.97. The number of likely N-dealkylation sites (tertiary alicyclic amines) is 1. The largest absolute Gasteiger partial charge is 0.496 e. The first-order chi connectivity index (χ1) is 9.13. The van der Waals surface area contributed by atoms with Gasteiger partial charge >= 0.3 is 5.97 Å². The fraction of sp³-hybridized carbons (Fsp3) is 0.429. The Labute approximate surface area is 111 Å². The molecule has 1 saturated heterocycles. The summed E-state index contributed by atoms with van der Waals surface area (Å²) in [5.41, 5.74) is 0.482. The van der Waals surface area contributed by atoms with Gasteiger partial charge in [0.2, 0.25) is 0 Å². The predicted octanol–water partition coefficient (Wildman–Crippen LogP) is 1.63. The lowest BCUT2D eigenvalue weighted by atomic mass is 9.97. The molecule has 102 valence electrons. The standard InChI is InChI=1S/C14H17NO4/c1-19-12-7-3-2-6-11(12)13(16)15-8-4-5-10(9-15)14(17)18/h2-3,6-7,10H,4-5,8-9H2,1H3,(H,17,18)/t10-/m0/s1. The molecule has 1 aromatic carbocycles. The normalized spacial score (nSPS) is 19.0. The number of piperidine rings is 1. The van der Waals surface area contributed by atoms with E-state index in [9.17, 15) is 9.59 Å². The summed E-state index contributed by atoms with van der Waals surface area (Å²) in [5, 5.41) is 9.05. The third kappa shape index (κ3) is 2.86. The van der Waals surface area contributed by atoms with Crippen molar-refractivity contribution in [2.75, 3.05) is 20.2 Å². The van der Waals surface area contributed by atoms with Crippen LogP contribution in [0.1, 0.15) is 23.2 Å². The summed E-state index contributed by atoms with van der Waals surface area (Å²) < 4.78 is 5.17. The van der Waals surface area contributed by atoms with E-state index in [2.05, 4.69) is 0 Å². The van der Waals surface area contributed by atoms with Gasteiger partial charge in [-0.05, 0) is 25.0 Å². The summed E-state index contributed by atoms with van der Waals surface area (Å²) in [6.07, 6.45) is 1.35. The van der Waals surface area contributed by atoms with Gasteiger partial charge in [-0.1, -0.05) is 12.1 Å². The Morgan fingerprint density at radius 3 is 2.79 bits per heavy atom. The topological polar surface area (TPSA) is 66.8 Å². The molecule has 1 aliphatic heterocycles. The highest BCUT2D eigenvalue weighted by Crippen LogP contribution is 2.23. The maximum atomic E-state index is 12.4. The SMILES string of the molecule is COc1ccccc1C(=O)N1CCC[C@H](C(=O)O)C1. The Kier molecular flexibility index (Phi) is 4.04. The second-order valence-corrected chi connectivity index (χ2v) is 4.63. The molecule has 1 amide bonds.